The molecular weight excluding hydrogens is 210 g/mol. The lowest BCUT2D eigenvalue weighted by Crippen LogP contribution is -2.40. The van der Waals surface area contributed by atoms with Crippen LogP contribution in [0, 0.1) is 11.3 Å². The van der Waals surface area contributed by atoms with Gasteiger partial charge in [-0.1, -0.05) is 0 Å². The second-order valence-corrected chi connectivity index (χ2v) is 4.26. The van der Waals surface area contributed by atoms with E-state index in [0.717, 1.165) is 4.88 Å². The van der Waals surface area contributed by atoms with E-state index in [1.54, 1.807) is 20.0 Å². The highest BCUT2D eigenvalue weighted by molar-refractivity contribution is 7.12. The summed E-state index contributed by atoms with van der Waals surface area (Å²) in [6, 6.07) is 5.54. The van der Waals surface area contributed by atoms with E-state index in [1.807, 2.05) is 6.07 Å². The van der Waals surface area contributed by atoms with Gasteiger partial charge in [-0.05, 0) is 19.1 Å². The summed E-state index contributed by atoms with van der Waals surface area (Å²) in [4.78, 5) is 12.9. The summed E-state index contributed by atoms with van der Waals surface area (Å²) in [5.74, 6) is -0.0351. The molecule has 80 valence electrons. The molecule has 1 aromatic rings. The maximum Gasteiger partial charge on any atom is 0.236 e. The third-order valence-electron chi connectivity index (χ3n) is 1.99. The third-order valence-corrected chi connectivity index (χ3v) is 2.98. The van der Waals surface area contributed by atoms with Crippen molar-refractivity contribution in [1.82, 2.24) is 10.6 Å². The van der Waals surface area contributed by atoms with Gasteiger partial charge in [0, 0.05) is 18.5 Å². The topological polar surface area (TPSA) is 64.9 Å². The molecule has 5 heteroatoms. The van der Waals surface area contributed by atoms with Crippen LogP contribution in [0.2, 0.25) is 0 Å². The van der Waals surface area contributed by atoms with Crippen LogP contribution in [-0.4, -0.2) is 19.0 Å². The fraction of sp³-hybridized carbons (Fsp3) is 0.400. The number of rotatable bonds is 4. The van der Waals surface area contributed by atoms with Crippen molar-refractivity contribution in [2.75, 3.05) is 7.05 Å². The molecular formula is C10H13N3OS. The number of hydrogen-bond acceptors (Lipinski definition) is 4. The molecule has 0 radical (unpaired) electrons. The normalized spacial score (nSPS) is 11.8. The predicted molar refractivity (Wildman–Crippen MR) is 59.4 cm³/mol. The molecule has 0 aromatic carbocycles. The number of likely N-dealkylation sites (N-methyl/N-ethyl adjacent to an activating group) is 1. The Bertz CT molecular complexity index is 380. The summed E-state index contributed by atoms with van der Waals surface area (Å²) < 4.78 is 0. The number of thiophene rings is 1. The minimum atomic E-state index is -0.220. The monoisotopic (exact) mass is 223 g/mol. The van der Waals surface area contributed by atoms with Crippen LogP contribution in [0.15, 0.2) is 12.1 Å². The summed E-state index contributed by atoms with van der Waals surface area (Å²) >= 11 is 1.44. The van der Waals surface area contributed by atoms with Crippen LogP contribution in [0.4, 0.5) is 0 Å². The lowest BCUT2D eigenvalue weighted by atomic mass is 10.3. The molecule has 15 heavy (non-hydrogen) atoms. The SMILES string of the molecule is CNC(=O)[C@@H](C)NCc1ccc(C#N)s1. The van der Waals surface area contributed by atoms with Crippen LogP contribution in [0.1, 0.15) is 16.7 Å². The molecule has 1 rings (SSSR count). The Labute approximate surface area is 92.9 Å². The molecule has 1 heterocycles. The molecule has 0 bridgehead atoms. The molecule has 0 fully saturated rings. The van der Waals surface area contributed by atoms with E-state index in [9.17, 15) is 4.79 Å². The van der Waals surface area contributed by atoms with Gasteiger partial charge in [0.05, 0.1) is 6.04 Å². The lowest BCUT2D eigenvalue weighted by Gasteiger charge is -2.10. The van der Waals surface area contributed by atoms with Crippen LogP contribution in [0.3, 0.4) is 0 Å². The van der Waals surface area contributed by atoms with E-state index in [4.69, 9.17) is 5.26 Å². The second kappa shape index (κ2) is 5.49. The highest BCUT2D eigenvalue weighted by Crippen LogP contribution is 2.14. The van der Waals surface area contributed by atoms with Crippen LogP contribution in [0.5, 0.6) is 0 Å². The van der Waals surface area contributed by atoms with Gasteiger partial charge in [-0.25, -0.2) is 0 Å². The molecule has 0 aliphatic heterocycles. The summed E-state index contributed by atoms with van der Waals surface area (Å²) in [7, 11) is 1.61. The Kier molecular flexibility index (Phi) is 4.28. The minimum absolute atomic E-state index is 0.0351. The van der Waals surface area contributed by atoms with Gasteiger partial charge in [0.1, 0.15) is 10.9 Å². The predicted octanol–water partition coefficient (Wildman–Crippen LogP) is 0.844. The summed E-state index contributed by atoms with van der Waals surface area (Å²) in [5, 5.41) is 14.3. The number of nitrogens with one attached hydrogen (secondary N) is 2. The van der Waals surface area contributed by atoms with E-state index in [2.05, 4.69) is 16.7 Å². The summed E-state index contributed by atoms with van der Waals surface area (Å²) in [6.45, 7) is 2.42. The van der Waals surface area contributed by atoms with Crippen LogP contribution in [0.25, 0.3) is 0 Å². The van der Waals surface area contributed by atoms with Crippen LogP contribution >= 0.6 is 11.3 Å². The molecule has 2 N–H and O–H groups in total. The number of hydrogen-bond donors (Lipinski definition) is 2. The fourth-order valence-electron chi connectivity index (χ4n) is 1.10. The van der Waals surface area contributed by atoms with Gasteiger partial charge in [0.15, 0.2) is 0 Å². The Morgan fingerprint density at radius 3 is 2.93 bits per heavy atom. The lowest BCUT2D eigenvalue weighted by molar-refractivity contribution is -0.122. The van der Waals surface area contributed by atoms with Crippen LogP contribution < -0.4 is 10.6 Å². The molecule has 4 nitrogen and oxygen atoms in total. The average Bonchev–Trinajstić information content (AvgIpc) is 2.72. The minimum Gasteiger partial charge on any atom is -0.358 e. The van der Waals surface area contributed by atoms with E-state index in [1.165, 1.54) is 11.3 Å². The van der Waals surface area contributed by atoms with E-state index < -0.39 is 0 Å². The number of carbonyl (C=O) groups excluding carboxylic acids is 1. The molecule has 0 saturated carbocycles. The van der Waals surface area contributed by atoms with Gasteiger partial charge in [0.2, 0.25) is 5.91 Å². The molecule has 1 atom stereocenters. The standard InChI is InChI=1S/C10H13N3OS/c1-7(10(14)12-2)13-6-9-4-3-8(5-11)15-9/h3-4,7,13H,6H2,1-2H3,(H,12,14)/t7-/m1/s1. The van der Waals surface area contributed by atoms with Crippen molar-refractivity contribution in [2.24, 2.45) is 0 Å². The molecule has 1 aromatic heterocycles. The highest BCUT2D eigenvalue weighted by atomic mass is 32.1. The van der Waals surface area contributed by atoms with Crippen molar-refractivity contribution >= 4 is 17.2 Å². The second-order valence-electron chi connectivity index (χ2n) is 3.09. The van der Waals surface area contributed by atoms with E-state index in [-0.39, 0.29) is 11.9 Å². The van der Waals surface area contributed by atoms with Crippen molar-refractivity contribution < 1.29 is 4.79 Å². The zero-order valence-electron chi connectivity index (χ0n) is 8.70. The number of carbonyl (C=O) groups is 1. The number of nitriles is 1. The first kappa shape index (κ1) is 11.7. The molecule has 0 aliphatic rings. The average molecular weight is 223 g/mol. The van der Waals surface area contributed by atoms with Crippen molar-refractivity contribution in [2.45, 2.75) is 19.5 Å². The quantitative estimate of drug-likeness (QED) is 0.795. The first-order valence-electron chi connectivity index (χ1n) is 4.61. The van der Waals surface area contributed by atoms with Gasteiger partial charge >= 0.3 is 0 Å². The van der Waals surface area contributed by atoms with E-state index in [0.29, 0.717) is 11.4 Å². The highest BCUT2D eigenvalue weighted by Gasteiger charge is 2.09. The first-order chi connectivity index (χ1) is 7.17. The third kappa shape index (κ3) is 3.35. The van der Waals surface area contributed by atoms with Crippen molar-refractivity contribution in [1.29, 1.82) is 5.26 Å². The maximum absolute atomic E-state index is 11.2. The summed E-state index contributed by atoms with van der Waals surface area (Å²) in [6.07, 6.45) is 0. The fourth-order valence-corrected chi connectivity index (χ4v) is 1.85. The van der Waals surface area contributed by atoms with Crippen molar-refractivity contribution in [3.63, 3.8) is 0 Å². The Hall–Kier alpha value is -1.38. The molecule has 0 saturated heterocycles. The van der Waals surface area contributed by atoms with Gasteiger partial charge in [-0.15, -0.1) is 11.3 Å². The van der Waals surface area contributed by atoms with Gasteiger partial charge in [-0.2, -0.15) is 5.26 Å². The van der Waals surface area contributed by atoms with Crippen molar-refractivity contribution in [3.8, 4) is 6.07 Å². The number of nitrogens with zero attached hydrogens (tertiary/aromatic N) is 1. The molecule has 0 aliphatic carbocycles. The van der Waals surface area contributed by atoms with Gasteiger partial charge in [0.25, 0.3) is 0 Å². The zero-order chi connectivity index (χ0) is 11.3. The van der Waals surface area contributed by atoms with E-state index >= 15 is 0 Å². The Morgan fingerprint density at radius 2 is 2.40 bits per heavy atom. The number of amides is 1. The van der Waals surface area contributed by atoms with Gasteiger partial charge in [-0.3, -0.25) is 4.79 Å². The van der Waals surface area contributed by atoms with Crippen molar-refractivity contribution in [3.05, 3.63) is 21.9 Å². The Morgan fingerprint density at radius 1 is 1.67 bits per heavy atom. The zero-order valence-corrected chi connectivity index (χ0v) is 9.52. The smallest absolute Gasteiger partial charge is 0.236 e. The molecule has 1 amide bonds. The van der Waals surface area contributed by atoms with Gasteiger partial charge < -0.3 is 10.6 Å². The molecule has 0 unspecified atom stereocenters. The Balaban J connectivity index is 2.44. The summed E-state index contributed by atoms with van der Waals surface area (Å²) in [5.41, 5.74) is 0. The first-order valence-corrected chi connectivity index (χ1v) is 5.42. The van der Waals surface area contributed by atoms with Crippen LogP contribution in [-0.2, 0) is 11.3 Å². The molecule has 0 spiro atoms. The maximum atomic E-state index is 11.2. The largest absolute Gasteiger partial charge is 0.358 e.